The van der Waals surface area contributed by atoms with E-state index in [1.54, 1.807) is 0 Å². The third-order valence-electron chi connectivity index (χ3n) is 6.62. The van der Waals surface area contributed by atoms with Crippen LogP contribution in [0, 0.1) is 17.8 Å². The first-order valence-corrected chi connectivity index (χ1v) is 9.67. The second-order valence-electron chi connectivity index (χ2n) is 8.29. The SMILES string of the molecule is CC(NC(=O)CC1CC2CCC(C1)N2)C(C)C1CCCCC1.Cl. The molecule has 2 saturated heterocycles. The number of nitrogens with one attached hydrogen (secondary N) is 2. The number of rotatable bonds is 5. The topological polar surface area (TPSA) is 41.1 Å². The summed E-state index contributed by atoms with van der Waals surface area (Å²) < 4.78 is 0. The molecule has 3 nitrogen and oxygen atoms in total. The second kappa shape index (κ2) is 8.71. The molecular weight excluding hydrogens is 308 g/mol. The molecule has 0 aromatic carbocycles. The summed E-state index contributed by atoms with van der Waals surface area (Å²) in [7, 11) is 0. The molecule has 23 heavy (non-hydrogen) atoms. The van der Waals surface area contributed by atoms with Crippen LogP contribution in [-0.2, 0) is 4.79 Å². The van der Waals surface area contributed by atoms with Crippen LogP contribution in [-0.4, -0.2) is 24.0 Å². The summed E-state index contributed by atoms with van der Waals surface area (Å²) in [6.45, 7) is 4.55. The molecule has 4 unspecified atom stereocenters. The third-order valence-corrected chi connectivity index (χ3v) is 6.62. The maximum atomic E-state index is 12.4. The molecule has 0 aromatic rings. The minimum Gasteiger partial charge on any atom is -0.353 e. The van der Waals surface area contributed by atoms with Crippen LogP contribution in [0.5, 0.6) is 0 Å². The van der Waals surface area contributed by atoms with Crippen LogP contribution < -0.4 is 10.6 Å². The highest BCUT2D eigenvalue weighted by Crippen LogP contribution is 2.33. The van der Waals surface area contributed by atoms with Gasteiger partial charge in [0.25, 0.3) is 0 Å². The summed E-state index contributed by atoms with van der Waals surface area (Å²) in [4.78, 5) is 12.4. The predicted molar refractivity (Wildman–Crippen MR) is 97.9 cm³/mol. The Morgan fingerprint density at radius 3 is 2.26 bits per heavy atom. The van der Waals surface area contributed by atoms with E-state index in [0.717, 1.165) is 12.3 Å². The number of carbonyl (C=O) groups excluding carboxylic acids is 1. The Hall–Kier alpha value is -0.280. The van der Waals surface area contributed by atoms with Gasteiger partial charge in [-0.05, 0) is 50.4 Å². The number of piperidine rings is 1. The molecule has 2 heterocycles. The maximum Gasteiger partial charge on any atom is 0.220 e. The van der Waals surface area contributed by atoms with E-state index in [0.29, 0.717) is 35.9 Å². The average Bonchev–Trinajstić information content (AvgIpc) is 2.86. The highest BCUT2D eigenvalue weighted by molar-refractivity contribution is 5.85. The Bertz CT molecular complexity index is 372. The smallest absolute Gasteiger partial charge is 0.220 e. The fourth-order valence-corrected chi connectivity index (χ4v) is 5.12. The predicted octanol–water partition coefficient (Wildman–Crippen LogP) is 4.05. The first-order chi connectivity index (χ1) is 10.6. The van der Waals surface area contributed by atoms with Crippen molar-refractivity contribution in [1.82, 2.24) is 10.6 Å². The molecule has 134 valence electrons. The van der Waals surface area contributed by atoms with Gasteiger partial charge in [0.1, 0.15) is 0 Å². The van der Waals surface area contributed by atoms with Gasteiger partial charge in [0.15, 0.2) is 0 Å². The molecule has 2 N–H and O–H groups in total. The summed E-state index contributed by atoms with van der Waals surface area (Å²) in [6, 6.07) is 1.71. The molecule has 0 aromatic heterocycles. The minimum atomic E-state index is 0. The van der Waals surface area contributed by atoms with E-state index in [9.17, 15) is 4.79 Å². The monoisotopic (exact) mass is 342 g/mol. The zero-order chi connectivity index (χ0) is 15.5. The van der Waals surface area contributed by atoms with Gasteiger partial charge in [-0.2, -0.15) is 0 Å². The van der Waals surface area contributed by atoms with Crippen LogP contribution in [0.3, 0.4) is 0 Å². The van der Waals surface area contributed by atoms with E-state index >= 15 is 0 Å². The van der Waals surface area contributed by atoms with Gasteiger partial charge in [0, 0.05) is 24.5 Å². The molecule has 1 amide bonds. The fraction of sp³-hybridized carbons (Fsp3) is 0.947. The molecule has 0 radical (unpaired) electrons. The quantitative estimate of drug-likeness (QED) is 0.791. The van der Waals surface area contributed by atoms with Gasteiger partial charge in [-0.15, -0.1) is 12.4 Å². The first kappa shape index (κ1) is 19.1. The molecule has 0 spiro atoms. The van der Waals surface area contributed by atoms with Gasteiger partial charge in [-0.1, -0.05) is 39.0 Å². The van der Waals surface area contributed by atoms with Crippen LogP contribution in [0.25, 0.3) is 0 Å². The van der Waals surface area contributed by atoms with Crippen molar-refractivity contribution in [2.45, 2.75) is 96.2 Å². The van der Waals surface area contributed by atoms with E-state index in [4.69, 9.17) is 0 Å². The maximum absolute atomic E-state index is 12.4. The van der Waals surface area contributed by atoms with Crippen LogP contribution in [0.4, 0.5) is 0 Å². The molecule has 4 atom stereocenters. The molecular formula is C19H35ClN2O. The second-order valence-corrected chi connectivity index (χ2v) is 8.29. The Kier molecular flexibility index (Phi) is 7.21. The molecule has 3 fully saturated rings. The van der Waals surface area contributed by atoms with Crippen LogP contribution in [0.2, 0.25) is 0 Å². The Morgan fingerprint density at radius 2 is 1.65 bits per heavy atom. The van der Waals surface area contributed by atoms with E-state index in [1.807, 2.05) is 0 Å². The third kappa shape index (κ3) is 5.09. The first-order valence-electron chi connectivity index (χ1n) is 9.67. The van der Waals surface area contributed by atoms with Crippen LogP contribution in [0.1, 0.15) is 78.1 Å². The van der Waals surface area contributed by atoms with E-state index < -0.39 is 0 Å². The van der Waals surface area contributed by atoms with Gasteiger partial charge < -0.3 is 10.6 Å². The van der Waals surface area contributed by atoms with Crippen LogP contribution in [0.15, 0.2) is 0 Å². The molecule has 4 heteroatoms. The summed E-state index contributed by atoms with van der Waals surface area (Å²) in [5, 5.41) is 6.98. The van der Waals surface area contributed by atoms with Gasteiger partial charge in [0.05, 0.1) is 0 Å². The van der Waals surface area contributed by atoms with Crippen LogP contribution >= 0.6 is 12.4 Å². The molecule has 2 bridgehead atoms. The molecule has 2 aliphatic heterocycles. The number of hydrogen-bond donors (Lipinski definition) is 2. The molecule has 3 aliphatic rings. The van der Waals surface area contributed by atoms with E-state index in [2.05, 4.69) is 24.5 Å². The fourth-order valence-electron chi connectivity index (χ4n) is 5.12. The Morgan fingerprint density at radius 1 is 1.04 bits per heavy atom. The lowest BCUT2D eigenvalue weighted by Gasteiger charge is -2.33. The zero-order valence-corrected chi connectivity index (χ0v) is 15.7. The minimum absolute atomic E-state index is 0. The van der Waals surface area contributed by atoms with E-state index in [-0.39, 0.29) is 12.4 Å². The lowest BCUT2D eigenvalue weighted by molar-refractivity contribution is -0.123. The van der Waals surface area contributed by atoms with Gasteiger partial charge >= 0.3 is 0 Å². The summed E-state index contributed by atoms with van der Waals surface area (Å²) in [5.41, 5.74) is 0. The Labute approximate surface area is 148 Å². The van der Waals surface area contributed by atoms with Crippen molar-refractivity contribution in [3.05, 3.63) is 0 Å². The lowest BCUT2D eigenvalue weighted by atomic mass is 9.78. The average molecular weight is 343 g/mol. The van der Waals surface area contributed by atoms with Crippen molar-refractivity contribution in [1.29, 1.82) is 0 Å². The normalized spacial score (nSPS) is 33.6. The number of amides is 1. The van der Waals surface area contributed by atoms with Crippen molar-refractivity contribution in [2.24, 2.45) is 17.8 Å². The number of halogens is 1. The lowest BCUT2D eigenvalue weighted by Crippen LogP contribution is -2.43. The van der Waals surface area contributed by atoms with Crippen molar-refractivity contribution >= 4 is 18.3 Å². The van der Waals surface area contributed by atoms with Crippen molar-refractivity contribution < 1.29 is 4.79 Å². The number of carbonyl (C=O) groups is 1. The zero-order valence-electron chi connectivity index (χ0n) is 14.9. The van der Waals surface area contributed by atoms with Gasteiger partial charge in [0.2, 0.25) is 5.91 Å². The highest BCUT2D eigenvalue weighted by Gasteiger charge is 2.34. The van der Waals surface area contributed by atoms with Crippen molar-refractivity contribution in [2.75, 3.05) is 0 Å². The molecule has 1 aliphatic carbocycles. The highest BCUT2D eigenvalue weighted by atomic mass is 35.5. The van der Waals surface area contributed by atoms with E-state index in [1.165, 1.54) is 57.8 Å². The summed E-state index contributed by atoms with van der Waals surface area (Å²) in [5.74, 6) is 2.34. The Balaban J connectivity index is 0.00000192. The summed E-state index contributed by atoms with van der Waals surface area (Å²) >= 11 is 0. The largest absolute Gasteiger partial charge is 0.353 e. The van der Waals surface area contributed by atoms with Crippen molar-refractivity contribution in [3.8, 4) is 0 Å². The molecule has 3 rings (SSSR count). The molecule has 1 saturated carbocycles. The standard InChI is InChI=1S/C19H34N2O.ClH/c1-13(16-6-4-3-5-7-16)14(2)20-19(22)12-15-10-17-8-9-18(11-15)21-17;/h13-18,21H,3-12H2,1-2H3,(H,20,22);1H. The van der Waals surface area contributed by atoms with Crippen molar-refractivity contribution in [3.63, 3.8) is 0 Å². The van der Waals surface area contributed by atoms with Gasteiger partial charge in [-0.25, -0.2) is 0 Å². The van der Waals surface area contributed by atoms with Gasteiger partial charge in [-0.3, -0.25) is 4.79 Å². The number of fused-ring (bicyclic) bond motifs is 2. The number of hydrogen-bond acceptors (Lipinski definition) is 2. The summed E-state index contributed by atoms with van der Waals surface area (Å²) in [6.07, 6.45) is 12.7.